The van der Waals surface area contributed by atoms with Crippen molar-refractivity contribution in [2.45, 2.75) is 27.7 Å². The van der Waals surface area contributed by atoms with Crippen LogP contribution in [-0.2, 0) is 0 Å². The number of rotatable bonds is 0. The van der Waals surface area contributed by atoms with E-state index in [9.17, 15) is 13.2 Å². The lowest BCUT2D eigenvalue weighted by Gasteiger charge is -1.86. The molecule has 0 fully saturated rings. The first kappa shape index (κ1) is 28.5. The van der Waals surface area contributed by atoms with Crippen LogP contribution in [0.1, 0.15) is 27.7 Å². The van der Waals surface area contributed by atoms with E-state index in [-0.39, 0.29) is 32.5 Å². The van der Waals surface area contributed by atoms with Crippen LogP contribution >= 0.6 is 34.8 Å². The fraction of sp³-hybridized carbons (Fsp3) is 0.182. The second kappa shape index (κ2) is 18.7. The van der Waals surface area contributed by atoms with Crippen LogP contribution in [0.2, 0.25) is 15.1 Å². The minimum absolute atomic E-state index is 0.174. The molecular weight excluding hydrogens is 428 g/mol. The summed E-state index contributed by atoms with van der Waals surface area (Å²) in [5.74, 6) is -1.10. The predicted octanol–water partition coefficient (Wildman–Crippen LogP) is 9.49. The summed E-state index contributed by atoms with van der Waals surface area (Å²) in [5, 5.41) is 0.521. The highest BCUT2D eigenvalue weighted by atomic mass is 35.5. The molecule has 3 aromatic rings. The van der Waals surface area contributed by atoms with Crippen molar-refractivity contribution >= 4 is 34.8 Å². The quantitative estimate of drug-likeness (QED) is 0.319. The average Bonchev–Trinajstić information content (AvgIpc) is 2.73. The van der Waals surface area contributed by atoms with Crippen molar-refractivity contribution in [2.75, 3.05) is 0 Å². The summed E-state index contributed by atoms with van der Waals surface area (Å²) < 4.78 is 36.6. The van der Waals surface area contributed by atoms with Gasteiger partial charge in [0, 0.05) is 0 Å². The lowest BCUT2D eigenvalue weighted by molar-refractivity contribution is 0.628. The van der Waals surface area contributed by atoms with Crippen molar-refractivity contribution in [3.63, 3.8) is 0 Å². The molecule has 0 radical (unpaired) electrons. The van der Waals surface area contributed by atoms with Gasteiger partial charge in [-0.05, 0) is 36.4 Å². The Morgan fingerprint density at radius 1 is 0.429 bits per heavy atom. The summed E-state index contributed by atoms with van der Waals surface area (Å²) in [6.07, 6.45) is 0. The monoisotopic (exact) mass is 450 g/mol. The summed E-state index contributed by atoms with van der Waals surface area (Å²) in [5.41, 5.74) is 0. The smallest absolute Gasteiger partial charge is 0.141 e. The molecule has 0 nitrogen and oxygen atoms in total. The molecule has 0 aromatic heterocycles. The lowest BCUT2D eigenvalue weighted by atomic mass is 10.4. The van der Waals surface area contributed by atoms with Gasteiger partial charge in [0.05, 0.1) is 15.1 Å². The number of halogens is 6. The van der Waals surface area contributed by atoms with E-state index in [1.165, 1.54) is 36.4 Å². The maximum atomic E-state index is 12.2. The van der Waals surface area contributed by atoms with Crippen molar-refractivity contribution < 1.29 is 13.2 Å². The normalized spacial score (nSPS) is 8.36. The number of benzene rings is 3. The SMILES string of the molecule is CC.CC.Fc1ccccc1Cl.Fc1ccccc1Cl.Fc1ccccc1Cl. The summed E-state index contributed by atoms with van der Waals surface area (Å²) >= 11 is 16.0. The molecule has 0 saturated heterocycles. The maximum absolute atomic E-state index is 12.2. The highest BCUT2D eigenvalue weighted by molar-refractivity contribution is 6.31. The van der Waals surface area contributed by atoms with Crippen LogP contribution in [0.5, 0.6) is 0 Å². The van der Waals surface area contributed by atoms with E-state index in [1.54, 1.807) is 36.4 Å². The predicted molar refractivity (Wildman–Crippen MR) is 117 cm³/mol. The van der Waals surface area contributed by atoms with Gasteiger partial charge in [0.15, 0.2) is 0 Å². The molecular formula is C22H24Cl3F3. The van der Waals surface area contributed by atoms with Crippen LogP contribution in [0.15, 0.2) is 72.8 Å². The van der Waals surface area contributed by atoms with Crippen molar-refractivity contribution in [3.8, 4) is 0 Å². The molecule has 3 aromatic carbocycles. The Kier molecular flexibility index (Phi) is 19.0. The summed E-state index contributed by atoms with van der Waals surface area (Å²) in [4.78, 5) is 0. The zero-order chi connectivity index (χ0) is 21.9. The summed E-state index contributed by atoms with van der Waals surface area (Å²) in [7, 11) is 0. The van der Waals surface area contributed by atoms with Gasteiger partial charge in [-0.25, -0.2) is 13.2 Å². The standard InChI is InChI=1S/3C6H4ClF.2C2H6/c3*7-5-3-1-2-4-6(5)8;2*1-2/h3*1-4H;2*1-2H3. The second-order valence-corrected chi connectivity index (χ2v) is 5.46. The van der Waals surface area contributed by atoms with E-state index >= 15 is 0 Å². The molecule has 28 heavy (non-hydrogen) atoms. The Labute approximate surface area is 180 Å². The Bertz CT molecular complexity index is 599. The topological polar surface area (TPSA) is 0 Å². The van der Waals surface area contributed by atoms with Gasteiger partial charge in [-0.1, -0.05) is 98.9 Å². The molecule has 0 bridgehead atoms. The summed E-state index contributed by atoms with van der Waals surface area (Å²) in [6.45, 7) is 8.00. The number of hydrogen-bond acceptors (Lipinski definition) is 0. The van der Waals surface area contributed by atoms with Gasteiger partial charge in [-0.15, -0.1) is 0 Å². The Morgan fingerprint density at radius 3 is 0.714 bits per heavy atom. The first-order valence-corrected chi connectivity index (χ1v) is 9.75. The first-order chi connectivity index (χ1) is 13.4. The zero-order valence-electron chi connectivity index (χ0n) is 16.2. The molecule has 0 amide bonds. The fourth-order valence-corrected chi connectivity index (χ4v) is 1.73. The fourth-order valence-electron chi connectivity index (χ4n) is 1.32. The molecule has 154 valence electrons. The van der Waals surface area contributed by atoms with Crippen molar-refractivity contribution in [2.24, 2.45) is 0 Å². The van der Waals surface area contributed by atoms with Crippen molar-refractivity contribution in [3.05, 3.63) is 105 Å². The van der Waals surface area contributed by atoms with Crippen LogP contribution in [0.25, 0.3) is 0 Å². The highest BCUT2D eigenvalue weighted by Gasteiger charge is 1.92. The maximum Gasteiger partial charge on any atom is 0.141 e. The van der Waals surface area contributed by atoms with Crippen molar-refractivity contribution in [1.82, 2.24) is 0 Å². The Morgan fingerprint density at radius 2 is 0.607 bits per heavy atom. The third-order valence-electron chi connectivity index (χ3n) is 2.47. The van der Waals surface area contributed by atoms with E-state index in [0.29, 0.717) is 0 Å². The molecule has 0 heterocycles. The van der Waals surface area contributed by atoms with Gasteiger partial charge < -0.3 is 0 Å². The van der Waals surface area contributed by atoms with Crippen LogP contribution in [0, 0.1) is 17.5 Å². The third kappa shape index (κ3) is 13.5. The molecule has 0 atom stereocenters. The molecule has 6 heteroatoms. The van der Waals surface area contributed by atoms with Gasteiger partial charge in [0.25, 0.3) is 0 Å². The van der Waals surface area contributed by atoms with Gasteiger partial charge in [-0.3, -0.25) is 0 Å². The minimum atomic E-state index is -0.367. The van der Waals surface area contributed by atoms with E-state index in [1.807, 2.05) is 27.7 Å². The van der Waals surface area contributed by atoms with Gasteiger partial charge in [0.2, 0.25) is 0 Å². The average molecular weight is 452 g/mol. The second-order valence-electron chi connectivity index (χ2n) is 4.24. The highest BCUT2D eigenvalue weighted by Crippen LogP contribution is 2.12. The number of hydrogen-bond donors (Lipinski definition) is 0. The molecule has 0 aliphatic rings. The Balaban J connectivity index is 0. The molecule has 0 aliphatic carbocycles. The van der Waals surface area contributed by atoms with Crippen LogP contribution < -0.4 is 0 Å². The molecule has 0 unspecified atom stereocenters. The van der Waals surface area contributed by atoms with E-state index in [2.05, 4.69) is 0 Å². The molecule has 0 N–H and O–H groups in total. The molecule has 3 rings (SSSR count). The van der Waals surface area contributed by atoms with Gasteiger partial charge >= 0.3 is 0 Å². The largest absolute Gasteiger partial charge is 0.205 e. The van der Waals surface area contributed by atoms with Crippen LogP contribution in [0.4, 0.5) is 13.2 Å². The zero-order valence-corrected chi connectivity index (χ0v) is 18.5. The van der Waals surface area contributed by atoms with E-state index in [0.717, 1.165) is 0 Å². The minimum Gasteiger partial charge on any atom is -0.205 e. The van der Waals surface area contributed by atoms with E-state index < -0.39 is 0 Å². The van der Waals surface area contributed by atoms with Crippen molar-refractivity contribution in [1.29, 1.82) is 0 Å². The molecule has 0 saturated carbocycles. The van der Waals surface area contributed by atoms with E-state index in [4.69, 9.17) is 34.8 Å². The molecule has 0 aliphatic heterocycles. The van der Waals surface area contributed by atoms with Crippen LogP contribution in [-0.4, -0.2) is 0 Å². The molecule has 0 spiro atoms. The van der Waals surface area contributed by atoms with Crippen LogP contribution in [0.3, 0.4) is 0 Å². The first-order valence-electron chi connectivity index (χ1n) is 8.62. The van der Waals surface area contributed by atoms with Gasteiger partial charge in [0.1, 0.15) is 17.5 Å². The Hall–Kier alpha value is -1.68. The lowest BCUT2D eigenvalue weighted by Crippen LogP contribution is -1.70. The van der Waals surface area contributed by atoms with Gasteiger partial charge in [-0.2, -0.15) is 0 Å². The third-order valence-corrected chi connectivity index (χ3v) is 3.39. The summed E-state index contributed by atoms with van der Waals surface area (Å²) in [6, 6.07) is 18.4.